The maximum atomic E-state index is 13.2. The SMILES string of the molecule is COC(=O)CCCCCCC(=O)NC(C(=O)NC(Cc1ccccc1)C(O)CF)C(C)C. The minimum absolute atomic E-state index is 0.182. The Labute approximate surface area is 190 Å². The van der Waals surface area contributed by atoms with E-state index in [0.29, 0.717) is 19.3 Å². The van der Waals surface area contributed by atoms with Crippen LogP contribution in [0.5, 0.6) is 0 Å². The molecule has 0 aliphatic rings. The highest BCUT2D eigenvalue weighted by atomic mass is 19.1. The lowest BCUT2D eigenvalue weighted by atomic mass is 9.99. The molecule has 0 heterocycles. The first-order valence-corrected chi connectivity index (χ1v) is 11.2. The maximum Gasteiger partial charge on any atom is 0.305 e. The molecule has 3 unspecified atom stereocenters. The van der Waals surface area contributed by atoms with Crippen LogP contribution in [0.2, 0.25) is 0 Å². The fraction of sp³-hybridized carbons (Fsp3) is 0.625. The number of amides is 2. The van der Waals surface area contributed by atoms with Gasteiger partial charge in [0.2, 0.25) is 11.8 Å². The Morgan fingerprint density at radius 2 is 1.62 bits per heavy atom. The molecule has 8 heteroatoms. The number of alkyl halides is 1. The van der Waals surface area contributed by atoms with Crippen molar-refractivity contribution in [1.82, 2.24) is 10.6 Å². The molecule has 180 valence electrons. The Morgan fingerprint density at radius 3 is 2.19 bits per heavy atom. The molecule has 1 aromatic rings. The molecule has 3 atom stereocenters. The van der Waals surface area contributed by atoms with Crippen molar-refractivity contribution in [2.45, 2.75) is 77.0 Å². The lowest BCUT2D eigenvalue weighted by molar-refractivity contribution is -0.140. The predicted molar refractivity (Wildman–Crippen MR) is 121 cm³/mol. The number of rotatable bonds is 15. The highest BCUT2D eigenvalue weighted by Gasteiger charge is 2.29. The molecular weight excluding hydrogens is 415 g/mol. The van der Waals surface area contributed by atoms with Crippen molar-refractivity contribution in [2.75, 3.05) is 13.8 Å². The third-order valence-electron chi connectivity index (χ3n) is 5.28. The molecule has 1 aromatic carbocycles. The zero-order chi connectivity index (χ0) is 23.9. The van der Waals surface area contributed by atoms with Crippen LogP contribution in [-0.2, 0) is 25.5 Å². The van der Waals surface area contributed by atoms with E-state index in [1.54, 1.807) is 0 Å². The number of hydrogen-bond acceptors (Lipinski definition) is 5. The molecule has 2 amide bonds. The van der Waals surface area contributed by atoms with Gasteiger partial charge in [0.25, 0.3) is 0 Å². The van der Waals surface area contributed by atoms with Gasteiger partial charge in [0, 0.05) is 12.8 Å². The van der Waals surface area contributed by atoms with Crippen LogP contribution in [0.3, 0.4) is 0 Å². The Hall–Kier alpha value is -2.48. The third-order valence-corrected chi connectivity index (χ3v) is 5.28. The van der Waals surface area contributed by atoms with Crippen molar-refractivity contribution in [1.29, 1.82) is 0 Å². The van der Waals surface area contributed by atoms with Crippen LogP contribution in [-0.4, -0.2) is 54.9 Å². The molecular formula is C24H37FN2O5. The second-order valence-corrected chi connectivity index (χ2v) is 8.31. The van der Waals surface area contributed by atoms with Gasteiger partial charge < -0.3 is 20.5 Å². The average molecular weight is 453 g/mol. The van der Waals surface area contributed by atoms with Gasteiger partial charge in [-0.2, -0.15) is 0 Å². The number of benzene rings is 1. The molecule has 0 aliphatic heterocycles. The summed E-state index contributed by atoms with van der Waals surface area (Å²) in [5, 5.41) is 15.5. The lowest BCUT2D eigenvalue weighted by Crippen LogP contribution is -2.55. The van der Waals surface area contributed by atoms with Gasteiger partial charge in [0.1, 0.15) is 18.8 Å². The minimum atomic E-state index is -1.34. The molecule has 0 spiro atoms. The highest BCUT2D eigenvalue weighted by molar-refractivity contribution is 5.88. The molecule has 0 bridgehead atoms. The smallest absolute Gasteiger partial charge is 0.305 e. The second kappa shape index (κ2) is 15.3. The third kappa shape index (κ3) is 10.7. The van der Waals surface area contributed by atoms with Crippen molar-refractivity contribution in [3.05, 3.63) is 35.9 Å². The Kier molecular flexibility index (Phi) is 13.2. The quantitative estimate of drug-likeness (QED) is 0.280. The summed E-state index contributed by atoms with van der Waals surface area (Å²) in [7, 11) is 1.36. The second-order valence-electron chi connectivity index (χ2n) is 8.31. The van der Waals surface area contributed by atoms with Gasteiger partial charge in [0.05, 0.1) is 13.2 Å². The molecule has 7 nitrogen and oxygen atoms in total. The Balaban J connectivity index is 2.56. The van der Waals surface area contributed by atoms with E-state index in [1.807, 2.05) is 44.2 Å². The number of carbonyl (C=O) groups is 3. The molecule has 0 aliphatic carbocycles. The number of aliphatic hydroxyl groups excluding tert-OH is 1. The molecule has 1 rings (SSSR count). The number of nitrogens with one attached hydrogen (secondary N) is 2. The minimum Gasteiger partial charge on any atom is -0.469 e. The van der Waals surface area contributed by atoms with Crippen LogP contribution >= 0.6 is 0 Å². The number of esters is 1. The molecule has 32 heavy (non-hydrogen) atoms. The van der Waals surface area contributed by atoms with Gasteiger partial charge in [-0.05, 0) is 30.7 Å². The van der Waals surface area contributed by atoms with Gasteiger partial charge in [-0.1, -0.05) is 57.0 Å². The maximum absolute atomic E-state index is 13.2. The largest absolute Gasteiger partial charge is 0.469 e. The number of methoxy groups -OCH3 is 1. The lowest BCUT2D eigenvalue weighted by Gasteiger charge is -2.27. The standard InChI is InChI=1S/C24H37FN2O5/c1-17(2)23(27-21(29)13-9-4-5-10-14-22(30)32-3)24(31)26-19(20(28)16-25)15-18-11-7-6-8-12-18/h6-8,11-12,17,19-20,23,28H,4-5,9-10,13-16H2,1-3H3,(H,26,31)(H,27,29). The van der Waals surface area contributed by atoms with Gasteiger partial charge in [-0.15, -0.1) is 0 Å². The van der Waals surface area contributed by atoms with E-state index in [2.05, 4.69) is 15.4 Å². The summed E-state index contributed by atoms with van der Waals surface area (Å²) in [6.45, 7) is 2.65. The van der Waals surface area contributed by atoms with Crippen molar-refractivity contribution in [2.24, 2.45) is 5.92 Å². The number of halogens is 1. The van der Waals surface area contributed by atoms with E-state index >= 15 is 0 Å². The monoisotopic (exact) mass is 452 g/mol. The van der Waals surface area contributed by atoms with Gasteiger partial charge in [-0.25, -0.2) is 4.39 Å². The molecule has 0 saturated heterocycles. The van der Waals surface area contributed by atoms with Crippen LogP contribution < -0.4 is 10.6 Å². The van der Waals surface area contributed by atoms with Crippen LogP contribution in [0.1, 0.15) is 57.9 Å². The number of unbranched alkanes of at least 4 members (excludes halogenated alkanes) is 3. The topological polar surface area (TPSA) is 105 Å². The predicted octanol–water partition coefficient (Wildman–Crippen LogP) is 2.70. The number of ether oxygens (including phenoxy) is 1. The first kappa shape index (κ1) is 27.6. The van der Waals surface area contributed by atoms with Crippen LogP contribution in [0.25, 0.3) is 0 Å². The summed E-state index contributed by atoms with van der Waals surface area (Å²) < 4.78 is 17.7. The fourth-order valence-corrected chi connectivity index (χ4v) is 3.32. The fourth-order valence-electron chi connectivity index (χ4n) is 3.32. The van der Waals surface area contributed by atoms with Crippen molar-refractivity contribution >= 4 is 17.8 Å². The Morgan fingerprint density at radius 1 is 1.00 bits per heavy atom. The van der Waals surface area contributed by atoms with Crippen molar-refractivity contribution in [3.8, 4) is 0 Å². The summed E-state index contributed by atoms with van der Waals surface area (Å²) in [6, 6.07) is 7.63. The van der Waals surface area contributed by atoms with E-state index < -0.39 is 30.8 Å². The van der Waals surface area contributed by atoms with Crippen molar-refractivity contribution < 1.29 is 28.6 Å². The highest BCUT2D eigenvalue weighted by Crippen LogP contribution is 2.11. The summed E-state index contributed by atoms with van der Waals surface area (Å²) in [6.07, 6.45) is 2.56. The first-order chi connectivity index (χ1) is 15.3. The summed E-state index contributed by atoms with van der Waals surface area (Å²) >= 11 is 0. The molecule has 0 fully saturated rings. The van der Waals surface area contributed by atoms with Crippen molar-refractivity contribution in [3.63, 3.8) is 0 Å². The summed E-state index contributed by atoms with van der Waals surface area (Å²) in [5.74, 6) is -1.10. The van der Waals surface area contributed by atoms with E-state index in [4.69, 9.17) is 0 Å². The number of aliphatic hydroxyl groups is 1. The van der Waals surface area contributed by atoms with Gasteiger partial charge >= 0.3 is 5.97 Å². The Bertz CT molecular complexity index is 699. The zero-order valence-electron chi connectivity index (χ0n) is 19.3. The molecule has 0 radical (unpaired) electrons. The van der Waals surface area contributed by atoms with E-state index in [9.17, 15) is 23.9 Å². The first-order valence-electron chi connectivity index (χ1n) is 11.2. The zero-order valence-corrected chi connectivity index (χ0v) is 19.3. The van der Waals surface area contributed by atoms with E-state index in [-0.39, 0.29) is 30.6 Å². The van der Waals surface area contributed by atoms with Gasteiger partial charge in [0.15, 0.2) is 0 Å². The number of carbonyl (C=O) groups excluding carboxylic acids is 3. The summed E-state index contributed by atoms with van der Waals surface area (Å²) in [4.78, 5) is 36.3. The van der Waals surface area contributed by atoms with E-state index in [1.165, 1.54) is 7.11 Å². The molecule has 3 N–H and O–H groups in total. The summed E-state index contributed by atoms with van der Waals surface area (Å²) in [5.41, 5.74) is 0.864. The van der Waals surface area contributed by atoms with Crippen LogP contribution in [0.4, 0.5) is 4.39 Å². The normalized spacial score (nSPS) is 13.8. The van der Waals surface area contributed by atoms with Crippen LogP contribution in [0, 0.1) is 5.92 Å². The van der Waals surface area contributed by atoms with Crippen LogP contribution in [0.15, 0.2) is 30.3 Å². The van der Waals surface area contributed by atoms with Gasteiger partial charge in [-0.3, -0.25) is 14.4 Å². The molecule has 0 aromatic heterocycles. The molecule has 0 saturated carbocycles. The van der Waals surface area contributed by atoms with E-state index in [0.717, 1.165) is 18.4 Å². The number of hydrogen-bond donors (Lipinski definition) is 3. The average Bonchev–Trinajstić information content (AvgIpc) is 2.78.